The third-order valence-electron chi connectivity index (χ3n) is 6.58. The van der Waals surface area contributed by atoms with E-state index in [0.717, 1.165) is 10.9 Å². The quantitative estimate of drug-likeness (QED) is 0.342. The van der Waals surface area contributed by atoms with Crippen LogP contribution in [0.1, 0.15) is 5.56 Å². The lowest BCUT2D eigenvalue weighted by Crippen LogP contribution is -2.61. The van der Waals surface area contributed by atoms with E-state index in [2.05, 4.69) is 10.3 Å². The van der Waals surface area contributed by atoms with E-state index in [4.69, 9.17) is 9.72 Å². The summed E-state index contributed by atoms with van der Waals surface area (Å²) in [7, 11) is -0.434. The molecule has 200 valence electrons. The number of ether oxygens (including phenoxy) is 1. The Kier molecular flexibility index (Phi) is 7.30. The fraction of sp³-hybridized carbons (Fsp3) is 0.308. The number of nitrogens with zero attached hydrogens (tertiary/aromatic N) is 6. The van der Waals surface area contributed by atoms with Crippen LogP contribution in [0.15, 0.2) is 73.1 Å². The lowest BCUT2D eigenvalue weighted by molar-refractivity contribution is -0.0895. The summed E-state index contributed by atoms with van der Waals surface area (Å²) in [5, 5.41) is 7.08. The lowest BCUT2D eigenvalue weighted by Gasteiger charge is -2.42. The molecule has 12 heteroatoms. The molecule has 0 amide bonds. The number of rotatable bonds is 8. The van der Waals surface area contributed by atoms with Crippen molar-refractivity contribution < 1.29 is 17.5 Å². The first-order valence-electron chi connectivity index (χ1n) is 12.1. The van der Waals surface area contributed by atoms with Crippen molar-refractivity contribution in [3.63, 3.8) is 0 Å². The number of hydrogen-bond donors (Lipinski definition) is 1. The van der Waals surface area contributed by atoms with Crippen molar-refractivity contribution in [3.8, 4) is 0 Å². The van der Waals surface area contributed by atoms with Crippen LogP contribution in [-0.2, 0) is 21.3 Å². The summed E-state index contributed by atoms with van der Waals surface area (Å²) in [4.78, 5) is 9.46. The van der Waals surface area contributed by atoms with Gasteiger partial charge < -0.3 is 9.30 Å². The number of alkyl halides is 1. The van der Waals surface area contributed by atoms with Gasteiger partial charge >= 0.3 is 0 Å². The molecular formula is C26H30FN7O3S. The Hall–Kier alpha value is -3.58. The third-order valence-corrected chi connectivity index (χ3v) is 7.77. The molecule has 2 aromatic carbocycles. The summed E-state index contributed by atoms with van der Waals surface area (Å²) in [6, 6.07) is 18.6. The van der Waals surface area contributed by atoms with E-state index in [1.165, 1.54) is 24.7 Å². The maximum Gasteiger partial charge on any atom is 0.247 e. The van der Waals surface area contributed by atoms with Crippen LogP contribution in [0.5, 0.6) is 0 Å². The highest BCUT2D eigenvalue weighted by atomic mass is 32.2. The summed E-state index contributed by atoms with van der Waals surface area (Å²) in [5.41, 5.74) is 2.75. The van der Waals surface area contributed by atoms with Gasteiger partial charge in [-0.2, -0.15) is 9.99 Å². The minimum atomic E-state index is -3.44. The zero-order valence-corrected chi connectivity index (χ0v) is 22.2. The standard InChI is InChI=1S/C26H30FN7O3S/c1-31(38(3,35)36)22-12-8-7-9-20(22)18-32-15-13-19-17-29-26(30-24(19)32)34(21-10-5-4-6-11-21)33-16-14-28-25(37-2)23(33)27/h4-13,15,17,23,25,28H,14,16,18H2,1-3H3. The number of anilines is 3. The summed E-state index contributed by atoms with van der Waals surface area (Å²) >= 11 is 0. The van der Waals surface area contributed by atoms with Crippen molar-refractivity contribution in [2.45, 2.75) is 19.1 Å². The van der Waals surface area contributed by atoms with Gasteiger partial charge in [0, 0.05) is 45.0 Å². The zero-order valence-electron chi connectivity index (χ0n) is 21.4. The maximum absolute atomic E-state index is 15.6. The van der Waals surface area contributed by atoms with Crippen LogP contribution in [0.4, 0.5) is 21.7 Å². The number of benzene rings is 2. The molecule has 2 atom stereocenters. The normalized spacial score (nSPS) is 18.5. The fourth-order valence-electron chi connectivity index (χ4n) is 4.56. The number of hydrazine groups is 1. The maximum atomic E-state index is 15.6. The molecule has 0 bridgehead atoms. The average Bonchev–Trinajstić information content (AvgIpc) is 3.32. The van der Waals surface area contributed by atoms with Gasteiger partial charge in [-0.05, 0) is 29.8 Å². The van der Waals surface area contributed by atoms with Crippen LogP contribution < -0.4 is 14.6 Å². The molecule has 3 heterocycles. The Morgan fingerprint density at radius 1 is 1.13 bits per heavy atom. The first-order valence-corrected chi connectivity index (χ1v) is 14.0. The van der Waals surface area contributed by atoms with Crippen LogP contribution in [0.2, 0.25) is 0 Å². The molecule has 5 rings (SSSR count). The molecule has 2 aromatic heterocycles. The van der Waals surface area contributed by atoms with Gasteiger partial charge in [0.15, 0.2) is 6.23 Å². The topological polar surface area (TPSA) is 95.8 Å². The molecule has 1 saturated heterocycles. The molecular weight excluding hydrogens is 509 g/mol. The molecule has 4 aromatic rings. The SMILES string of the molecule is COC1NCCN(N(c2ccccc2)c2ncc3ccn(Cc4ccccc4N(C)S(C)(=O)=O)c3n2)C1F. The Balaban J connectivity index is 1.56. The first-order chi connectivity index (χ1) is 18.3. The van der Waals surface area contributed by atoms with Crippen LogP contribution in [0.25, 0.3) is 11.0 Å². The van der Waals surface area contributed by atoms with Crippen molar-refractivity contribution in [2.75, 3.05) is 42.8 Å². The zero-order chi connectivity index (χ0) is 26.9. The molecule has 0 saturated carbocycles. The second-order valence-corrected chi connectivity index (χ2v) is 11.1. The number of halogens is 1. The Labute approximate surface area is 221 Å². The molecule has 1 aliphatic heterocycles. The van der Waals surface area contributed by atoms with Crippen LogP contribution >= 0.6 is 0 Å². The van der Waals surface area contributed by atoms with Gasteiger partial charge in [-0.3, -0.25) is 9.62 Å². The number of fused-ring (bicyclic) bond motifs is 1. The second kappa shape index (κ2) is 10.7. The molecule has 38 heavy (non-hydrogen) atoms. The van der Waals surface area contributed by atoms with Gasteiger partial charge in [0.2, 0.25) is 22.3 Å². The molecule has 0 aliphatic carbocycles. The minimum Gasteiger partial charge on any atom is -0.362 e. The number of nitrogens with one attached hydrogen (secondary N) is 1. The summed E-state index contributed by atoms with van der Waals surface area (Å²) in [6.07, 6.45) is 2.50. The lowest BCUT2D eigenvalue weighted by atomic mass is 10.2. The highest BCUT2D eigenvalue weighted by Gasteiger charge is 2.37. The fourth-order valence-corrected chi connectivity index (χ4v) is 5.09. The number of hydrogen-bond acceptors (Lipinski definition) is 8. The third kappa shape index (κ3) is 5.07. The smallest absolute Gasteiger partial charge is 0.247 e. The summed E-state index contributed by atoms with van der Waals surface area (Å²) in [5.74, 6) is 0.310. The predicted molar refractivity (Wildman–Crippen MR) is 145 cm³/mol. The number of aromatic nitrogens is 3. The molecule has 1 N–H and O–H groups in total. The van der Waals surface area contributed by atoms with Crippen molar-refractivity contribution in [1.29, 1.82) is 0 Å². The van der Waals surface area contributed by atoms with Gasteiger partial charge in [-0.25, -0.2) is 22.8 Å². The van der Waals surface area contributed by atoms with Crippen molar-refractivity contribution in [2.24, 2.45) is 0 Å². The van der Waals surface area contributed by atoms with Gasteiger partial charge in [-0.15, -0.1) is 0 Å². The van der Waals surface area contributed by atoms with Gasteiger partial charge in [-0.1, -0.05) is 36.4 Å². The monoisotopic (exact) mass is 539 g/mol. The average molecular weight is 540 g/mol. The number of methoxy groups -OCH3 is 1. The summed E-state index contributed by atoms with van der Waals surface area (Å²) < 4.78 is 48.5. The van der Waals surface area contributed by atoms with Gasteiger partial charge in [0.25, 0.3) is 0 Å². The van der Waals surface area contributed by atoms with Crippen molar-refractivity contribution in [1.82, 2.24) is 24.9 Å². The summed E-state index contributed by atoms with van der Waals surface area (Å²) in [6.45, 7) is 1.28. The second-order valence-electron chi connectivity index (χ2n) is 9.05. The van der Waals surface area contributed by atoms with E-state index in [1.807, 2.05) is 59.3 Å². The van der Waals surface area contributed by atoms with Crippen LogP contribution in [0.3, 0.4) is 0 Å². The van der Waals surface area contributed by atoms with E-state index in [1.54, 1.807) is 28.3 Å². The number of para-hydroxylation sites is 2. The molecule has 10 nitrogen and oxygen atoms in total. The minimum absolute atomic E-state index is 0.310. The van der Waals surface area contributed by atoms with Gasteiger partial charge in [0.05, 0.1) is 24.2 Å². The highest BCUT2D eigenvalue weighted by Crippen LogP contribution is 2.30. The molecule has 2 unspecified atom stereocenters. The van der Waals surface area contributed by atoms with E-state index < -0.39 is 22.5 Å². The Morgan fingerprint density at radius 2 is 1.87 bits per heavy atom. The van der Waals surface area contributed by atoms with Crippen molar-refractivity contribution >= 4 is 38.4 Å². The van der Waals surface area contributed by atoms with E-state index >= 15 is 4.39 Å². The van der Waals surface area contributed by atoms with E-state index in [0.29, 0.717) is 42.6 Å². The molecule has 1 fully saturated rings. The van der Waals surface area contributed by atoms with Crippen molar-refractivity contribution in [3.05, 3.63) is 78.6 Å². The number of piperazine rings is 1. The van der Waals surface area contributed by atoms with E-state index in [-0.39, 0.29) is 0 Å². The Bertz CT molecular complexity index is 1520. The largest absolute Gasteiger partial charge is 0.362 e. The molecule has 0 spiro atoms. The predicted octanol–water partition coefficient (Wildman–Crippen LogP) is 3.10. The number of sulfonamides is 1. The van der Waals surface area contributed by atoms with Crippen LogP contribution in [-0.4, -0.2) is 74.0 Å². The van der Waals surface area contributed by atoms with E-state index in [9.17, 15) is 8.42 Å². The molecule has 1 aliphatic rings. The first kappa shape index (κ1) is 26.0. The van der Waals surface area contributed by atoms with Crippen LogP contribution in [0, 0.1) is 0 Å². The molecule has 0 radical (unpaired) electrons. The Morgan fingerprint density at radius 3 is 2.61 bits per heavy atom. The van der Waals surface area contributed by atoms with Gasteiger partial charge in [0.1, 0.15) is 5.65 Å². The highest BCUT2D eigenvalue weighted by molar-refractivity contribution is 7.92.